The lowest BCUT2D eigenvalue weighted by Crippen LogP contribution is -2.26. The molecule has 2 aromatic carbocycles. The smallest absolute Gasteiger partial charge is 0.0441 e. The average molecular weight is 388 g/mol. The van der Waals surface area contributed by atoms with E-state index in [9.17, 15) is 0 Å². The molecule has 1 atom stereocenters. The summed E-state index contributed by atoms with van der Waals surface area (Å²) in [6.07, 6.45) is 13.5. The fourth-order valence-electron chi connectivity index (χ4n) is 5.95. The van der Waals surface area contributed by atoms with Crippen LogP contribution in [0.1, 0.15) is 61.1 Å². The zero-order valence-corrected chi connectivity index (χ0v) is 18.0. The van der Waals surface area contributed by atoms with Crippen LogP contribution in [-0.2, 0) is 6.42 Å². The van der Waals surface area contributed by atoms with Gasteiger partial charge in [0.1, 0.15) is 0 Å². The van der Waals surface area contributed by atoms with Gasteiger partial charge in [-0.05, 0) is 78.8 Å². The van der Waals surface area contributed by atoms with E-state index in [4.69, 9.17) is 0 Å². The Bertz CT molecular complexity index is 1010. The van der Waals surface area contributed by atoms with Crippen molar-refractivity contribution in [2.24, 2.45) is 0 Å². The van der Waals surface area contributed by atoms with Crippen LogP contribution in [0.15, 0.2) is 35.9 Å². The number of allylic oxidation sites excluding steroid dienone is 2. The van der Waals surface area contributed by atoms with E-state index in [0.29, 0.717) is 12.0 Å². The van der Waals surface area contributed by atoms with E-state index in [-0.39, 0.29) is 0 Å². The van der Waals surface area contributed by atoms with Gasteiger partial charge in [0.25, 0.3) is 0 Å². The molecule has 0 amide bonds. The highest BCUT2D eigenvalue weighted by Crippen LogP contribution is 2.48. The molecule has 3 aliphatic carbocycles. The Morgan fingerprint density at radius 1 is 0.931 bits per heavy atom. The number of hydrogen-bond acceptors (Lipinski definition) is 3. The van der Waals surface area contributed by atoms with E-state index in [1.165, 1.54) is 65.4 Å². The summed E-state index contributed by atoms with van der Waals surface area (Å²) < 4.78 is 0. The number of aryl methyl sites for hydroxylation is 1. The zero-order valence-electron chi connectivity index (χ0n) is 18.0. The van der Waals surface area contributed by atoms with Crippen molar-refractivity contribution in [3.05, 3.63) is 52.6 Å². The van der Waals surface area contributed by atoms with Gasteiger partial charge >= 0.3 is 0 Å². The first-order chi connectivity index (χ1) is 14.2. The second kappa shape index (κ2) is 7.53. The molecule has 1 fully saturated rings. The summed E-state index contributed by atoms with van der Waals surface area (Å²) in [7, 11) is 6.20. The molecule has 3 nitrogen and oxygen atoms in total. The van der Waals surface area contributed by atoms with Gasteiger partial charge in [-0.25, -0.2) is 0 Å². The standard InChI is InChI=1S/C26H33N3/c1-27-18-9-11-19-17(14-18)8-10-21-20(19)12-13-22-25(16-6-4-5-7-16)23(28-2)15-24(29-3)26(21)22/h9,11-13,15-16,18,27-29H,4-8,10,14H2,1-3H3. The van der Waals surface area contributed by atoms with E-state index < -0.39 is 0 Å². The molecule has 1 saturated carbocycles. The molecular weight excluding hydrogens is 354 g/mol. The van der Waals surface area contributed by atoms with E-state index in [1.807, 2.05) is 0 Å². The van der Waals surface area contributed by atoms with Gasteiger partial charge in [0.2, 0.25) is 0 Å². The van der Waals surface area contributed by atoms with Gasteiger partial charge in [0, 0.05) is 36.9 Å². The van der Waals surface area contributed by atoms with E-state index >= 15 is 0 Å². The van der Waals surface area contributed by atoms with Crippen molar-refractivity contribution in [3.63, 3.8) is 0 Å². The Morgan fingerprint density at radius 3 is 2.45 bits per heavy atom. The van der Waals surface area contributed by atoms with Crippen molar-refractivity contribution in [3.8, 4) is 0 Å². The predicted octanol–water partition coefficient (Wildman–Crippen LogP) is 5.83. The SMILES string of the molecule is CNc1cc(NC)c2c3c(ccc2c1C1CCCC1)C1=C(CC3)CC(NC)C=C1. The summed E-state index contributed by atoms with van der Waals surface area (Å²) in [5, 5.41) is 13.4. The highest BCUT2D eigenvalue weighted by atomic mass is 14.9. The number of rotatable bonds is 4. The number of benzene rings is 2. The quantitative estimate of drug-likeness (QED) is 0.618. The molecule has 5 rings (SSSR count). The van der Waals surface area contributed by atoms with Gasteiger partial charge in [0.05, 0.1) is 0 Å². The van der Waals surface area contributed by atoms with Gasteiger partial charge in [-0.2, -0.15) is 0 Å². The highest BCUT2D eigenvalue weighted by Gasteiger charge is 2.28. The topological polar surface area (TPSA) is 36.1 Å². The van der Waals surface area contributed by atoms with Gasteiger partial charge in [-0.1, -0.05) is 42.7 Å². The van der Waals surface area contributed by atoms with Crippen molar-refractivity contribution in [1.29, 1.82) is 0 Å². The van der Waals surface area contributed by atoms with Crippen LogP contribution in [0.2, 0.25) is 0 Å². The normalized spacial score (nSPS) is 21.4. The van der Waals surface area contributed by atoms with E-state index in [2.05, 4.69) is 67.4 Å². The minimum absolute atomic E-state index is 0.482. The Labute approximate surface area is 174 Å². The first kappa shape index (κ1) is 18.7. The zero-order chi connectivity index (χ0) is 20.0. The molecule has 0 aromatic heterocycles. The molecule has 0 aliphatic heterocycles. The maximum atomic E-state index is 3.52. The van der Waals surface area contributed by atoms with Crippen molar-refractivity contribution in [1.82, 2.24) is 5.32 Å². The van der Waals surface area contributed by atoms with Crippen molar-refractivity contribution >= 4 is 27.7 Å². The van der Waals surface area contributed by atoms with Crippen LogP contribution in [0.4, 0.5) is 11.4 Å². The van der Waals surface area contributed by atoms with Crippen LogP contribution in [0.5, 0.6) is 0 Å². The second-order valence-electron chi connectivity index (χ2n) is 8.86. The molecule has 3 aliphatic rings. The summed E-state index contributed by atoms with van der Waals surface area (Å²) in [6, 6.07) is 7.66. The number of anilines is 2. The monoisotopic (exact) mass is 387 g/mol. The van der Waals surface area contributed by atoms with Crippen LogP contribution >= 0.6 is 0 Å². The molecular formula is C26H33N3. The second-order valence-corrected chi connectivity index (χ2v) is 8.86. The first-order valence-corrected chi connectivity index (χ1v) is 11.3. The van der Waals surface area contributed by atoms with Gasteiger partial charge in [-0.15, -0.1) is 0 Å². The molecule has 3 heteroatoms. The molecule has 0 spiro atoms. The lowest BCUT2D eigenvalue weighted by molar-refractivity contribution is 0.637. The highest BCUT2D eigenvalue weighted by molar-refractivity contribution is 6.05. The maximum Gasteiger partial charge on any atom is 0.0441 e. The fraction of sp³-hybridized carbons (Fsp3) is 0.462. The van der Waals surface area contributed by atoms with Crippen molar-refractivity contribution in [2.75, 3.05) is 31.8 Å². The largest absolute Gasteiger partial charge is 0.388 e. The van der Waals surface area contributed by atoms with Crippen LogP contribution in [0.25, 0.3) is 16.3 Å². The molecule has 0 heterocycles. The van der Waals surface area contributed by atoms with Crippen molar-refractivity contribution in [2.45, 2.75) is 56.9 Å². The summed E-state index contributed by atoms with van der Waals surface area (Å²) in [5.41, 5.74) is 10.2. The van der Waals surface area contributed by atoms with Gasteiger partial charge in [-0.3, -0.25) is 0 Å². The fourth-order valence-corrected chi connectivity index (χ4v) is 5.95. The van der Waals surface area contributed by atoms with Crippen molar-refractivity contribution < 1.29 is 0 Å². The molecule has 0 saturated heterocycles. The Hall–Kier alpha value is -2.26. The number of nitrogens with one attached hydrogen (secondary N) is 3. The first-order valence-electron chi connectivity index (χ1n) is 11.3. The average Bonchev–Trinajstić information content (AvgIpc) is 3.31. The van der Waals surface area contributed by atoms with Gasteiger partial charge < -0.3 is 16.0 Å². The van der Waals surface area contributed by atoms with Crippen LogP contribution in [0, 0.1) is 0 Å². The number of hydrogen-bond donors (Lipinski definition) is 3. The van der Waals surface area contributed by atoms with E-state index in [1.54, 1.807) is 16.7 Å². The van der Waals surface area contributed by atoms with Crippen LogP contribution in [0.3, 0.4) is 0 Å². The molecule has 2 aromatic rings. The van der Waals surface area contributed by atoms with Gasteiger partial charge in [0.15, 0.2) is 0 Å². The molecule has 3 N–H and O–H groups in total. The minimum Gasteiger partial charge on any atom is -0.388 e. The number of fused-ring (bicyclic) bond motifs is 4. The third-order valence-corrected chi connectivity index (χ3v) is 7.43. The minimum atomic E-state index is 0.482. The summed E-state index contributed by atoms with van der Waals surface area (Å²) in [5.74, 6) is 0.688. The summed E-state index contributed by atoms with van der Waals surface area (Å²) >= 11 is 0. The van der Waals surface area contributed by atoms with E-state index in [0.717, 1.165) is 12.8 Å². The lowest BCUT2D eigenvalue weighted by Gasteiger charge is -2.30. The molecule has 29 heavy (non-hydrogen) atoms. The van der Waals surface area contributed by atoms with Crippen LogP contribution < -0.4 is 16.0 Å². The predicted molar refractivity (Wildman–Crippen MR) is 126 cm³/mol. The lowest BCUT2D eigenvalue weighted by atomic mass is 9.77. The molecule has 1 unspecified atom stereocenters. The Balaban J connectivity index is 1.74. The molecule has 152 valence electrons. The summed E-state index contributed by atoms with van der Waals surface area (Å²) in [6.45, 7) is 0. The Kier molecular flexibility index (Phi) is 4.87. The third kappa shape index (κ3) is 2.98. The van der Waals surface area contributed by atoms with Crippen LogP contribution in [-0.4, -0.2) is 27.2 Å². The molecule has 0 radical (unpaired) electrons. The number of likely N-dealkylation sites (N-methyl/N-ethyl adjacent to an activating group) is 1. The Morgan fingerprint density at radius 2 is 1.72 bits per heavy atom. The summed E-state index contributed by atoms with van der Waals surface area (Å²) in [4.78, 5) is 0. The molecule has 0 bridgehead atoms. The third-order valence-electron chi connectivity index (χ3n) is 7.43. The maximum absolute atomic E-state index is 3.52.